The van der Waals surface area contributed by atoms with Crippen molar-refractivity contribution in [3.63, 3.8) is 0 Å². The first-order valence-electron chi connectivity index (χ1n) is 10.2. The number of hydrogen-bond donors (Lipinski definition) is 0. The highest BCUT2D eigenvalue weighted by molar-refractivity contribution is 7.16. The highest BCUT2D eigenvalue weighted by atomic mass is 32.1. The van der Waals surface area contributed by atoms with Crippen LogP contribution in [0.3, 0.4) is 0 Å². The molecule has 2 aromatic rings. The zero-order valence-electron chi connectivity index (χ0n) is 18.6. The third-order valence-electron chi connectivity index (χ3n) is 4.57. The zero-order valence-corrected chi connectivity index (χ0v) is 19.4. The molecule has 0 N–H and O–H groups in total. The molecule has 1 fully saturated rings. The molecule has 0 spiro atoms. The van der Waals surface area contributed by atoms with Crippen molar-refractivity contribution in [3.8, 4) is 17.3 Å². The summed E-state index contributed by atoms with van der Waals surface area (Å²) >= 11 is 0.572. The molecular formula is C20H26F3N5O3S. The van der Waals surface area contributed by atoms with E-state index in [1.165, 1.54) is 12.4 Å². The molecule has 1 saturated heterocycles. The first-order chi connectivity index (χ1) is 14.9. The van der Waals surface area contributed by atoms with Crippen LogP contribution in [0.5, 0.6) is 6.01 Å². The molecule has 0 radical (unpaired) electrons. The number of aromatic nitrogens is 3. The Morgan fingerprint density at radius 3 is 2.41 bits per heavy atom. The summed E-state index contributed by atoms with van der Waals surface area (Å²) in [6.07, 6.45) is -2.22. The fourth-order valence-electron chi connectivity index (χ4n) is 3.21. The van der Waals surface area contributed by atoms with Crippen LogP contribution in [0.2, 0.25) is 0 Å². The van der Waals surface area contributed by atoms with Crippen LogP contribution >= 0.6 is 11.3 Å². The smallest absolute Gasteiger partial charge is 0.443 e. The van der Waals surface area contributed by atoms with E-state index in [2.05, 4.69) is 15.0 Å². The molecule has 1 aliphatic rings. The summed E-state index contributed by atoms with van der Waals surface area (Å²) in [5.41, 5.74) is -0.116. The van der Waals surface area contributed by atoms with Crippen LogP contribution in [0.25, 0.3) is 11.3 Å². The SMILES string of the molecule is CCOc1ncc(-c2nc(C(F)(F)F)sc2N2CCN(C(=O)OC(C)(C)C)[C@H](C)C2)cn1. The molecule has 1 amide bonds. The van der Waals surface area contributed by atoms with E-state index in [0.717, 1.165) is 0 Å². The van der Waals surface area contributed by atoms with Gasteiger partial charge in [0.15, 0.2) is 0 Å². The van der Waals surface area contributed by atoms with Gasteiger partial charge in [-0.2, -0.15) is 13.2 Å². The van der Waals surface area contributed by atoms with Gasteiger partial charge in [-0.05, 0) is 34.6 Å². The van der Waals surface area contributed by atoms with Crippen molar-refractivity contribution in [2.75, 3.05) is 31.1 Å². The molecule has 0 aliphatic carbocycles. The number of alkyl halides is 3. The minimum Gasteiger partial charge on any atom is -0.464 e. The Morgan fingerprint density at radius 2 is 1.88 bits per heavy atom. The number of carbonyl (C=O) groups is 1. The van der Waals surface area contributed by atoms with E-state index in [1.54, 1.807) is 32.6 Å². The Hall–Kier alpha value is -2.63. The Morgan fingerprint density at radius 1 is 1.22 bits per heavy atom. The Kier molecular flexibility index (Phi) is 6.82. The second-order valence-electron chi connectivity index (χ2n) is 8.33. The van der Waals surface area contributed by atoms with Gasteiger partial charge in [0.25, 0.3) is 0 Å². The second kappa shape index (κ2) is 9.08. The van der Waals surface area contributed by atoms with Crippen molar-refractivity contribution in [2.45, 2.75) is 52.4 Å². The highest BCUT2D eigenvalue weighted by Crippen LogP contribution is 2.43. The number of amides is 1. The monoisotopic (exact) mass is 473 g/mol. The molecule has 3 rings (SSSR count). The maximum atomic E-state index is 13.4. The molecule has 0 unspecified atom stereocenters. The van der Waals surface area contributed by atoms with Crippen molar-refractivity contribution >= 4 is 22.4 Å². The quantitative estimate of drug-likeness (QED) is 0.648. The average Bonchev–Trinajstić information content (AvgIpc) is 3.13. The Bertz CT molecular complexity index is 943. The molecular weight excluding hydrogens is 447 g/mol. The first-order valence-corrected chi connectivity index (χ1v) is 11.0. The van der Waals surface area contributed by atoms with Gasteiger partial charge in [-0.25, -0.2) is 19.7 Å². The normalized spacial score (nSPS) is 17.4. The third kappa shape index (κ3) is 5.59. The lowest BCUT2D eigenvalue weighted by Gasteiger charge is -2.40. The lowest BCUT2D eigenvalue weighted by molar-refractivity contribution is -0.137. The number of thiazole rings is 1. The van der Waals surface area contributed by atoms with Gasteiger partial charge in [-0.3, -0.25) is 0 Å². The number of ether oxygens (including phenoxy) is 2. The summed E-state index contributed by atoms with van der Waals surface area (Å²) in [4.78, 5) is 27.8. The molecule has 0 bridgehead atoms. The van der Waals surface area contributed by atoms with Crippen molar-refractivity contribution in [2.24, 2.45) is 0 Å². The summed E-state index contributed by atoms with van der Waals surface area (Å²) in [6.45, 7) is 10.3. The van der Waals surface area contributed by atoms with Crippen LogP contribution < -0.4 is 9.64 Å². The molecule has 8 nitrogen and oxygen atoms in total. The molecule has 32 heavy (non-hydrogen) atoms. The predicted molar refractivity (Wildman–Crippen MR) is 114 cm³/mol. The van der Waals surface area contributed by atoms with E-state index in [4.69, 9.17) is 9.47 Å². The van der Waals surface area contributed by atoms with Crippen molar-refractivity contribution in [1.29, 1.82) is 0 Å². The molecule has 2 aromatic heterocycles. The van der Waals surface area contributed by atoms with Gasteiger partial charge in [0.1, 0.15) is 16.3 Å². The number of halogens is 3. The number of rotatable bonds is 4. The van der Waals surface area contributed by atoms with E-state index in [1.807, 2.05) is 11.8 Å². The number of nitrogens with zero attached hydrogens (tertiary/aromatic N) is 5. The van der Waals surface area contributed by atoms with Gasteiger partial charge in [0, 0.05) is 43.6 Å². The summed E-state index contributed by atoms with van der Waals surface area (Å²) in [7, 11) is 0. The van der Waals surface area contributed by atoms with Gasteiger partial charge in [-0.1, -0.05) is 11.3 Å². The average molecular weight is 474 g/mol. The standard InChI is InChI=1S/C20H26F3N5O3S/c1-6-30-17-24-9-13(10-25-17)14-15(32-16(26-14)20(21,22)23)27-7-8-28(12(2)11-27)18(29)31-19(3,4)5/h9-10,12H,6-8,11H2,1-5H3/t12-/m1/s1. The number of hydrogen-bond acceptors (Lipinski definition) is 8. The summed E-state index contributed by atoms with van der Waals surface area (Å²) in [5, 5.41) is -0.584. The van der Waals surface area contributed by atoms with Gasteiger partial charge < -0.3 is 19.3 Å². The van der Waals surface area contributed by atoms with Gasteiger partial charge in [0.2, 0.25) is 5.01 Å². The molecule has 0 saturated carbocycles. The lowest BCUT2D eigenvalue weighted by atomic mass is 10.1. The minimum atomic E-state index is -4.58. The number of piperazine rings is 1. The van der Waals surface area contributed by atoms with Crippen LogP contribution in [-0.2, 0) is 10.9 Å². The van der Waals surface area contributed by atoms with Gasteiger partial charge in [0.05, 0.1) is 6.61 Å². The van der Waals surface area contributed by atoms with E-state index >= 15 is 0 Å². The maximum absolute atomic E-state index is 13.4. The van der Waals surface area contributed by atoms with Crippen LogP contribution in [0.4, 0.5) is 23.0 Å². The molecule has 1 atom stereocenters. The van der Waals surface area contributed by atoms with Crippen molar-refractivity contribution < 1.29 is 27.4 Å². The zero-order chi connectivity index (χ0) is 23.7. The largest absolute Gasteiger partial charge is 0.464 e. The first kappa shape index (κ1) is 24.0. The second-order valence-corrected chi connectivity index (χ2v) is 9.30. The van der Waals surface area contributed by atoms with Crippen LogP contribution in [-0.4, -0.2) is 63.8 Å². The van der Waals surface area contributed by atoms with Crippen molar-refractivity contribution in [3.05, 3.63) is 17.4 Å². The molecule has 3 heterocycles. The van der Waals surface area contributed by atoms with Gasteiger partial charge in [-0.15, -0.1) is 0 Å². The Balaban J connectivity index is 1.87. The molecule has 1 aliphatic heterocycles. The fraction of sp³-hybridized carbons (Fsp3) is 0.600. The number of anilines is 1. The van der Waals surface area contributed by atoms with E-state index in [0.29, 0.717) is 48.1 Å². The topological polar surface area (TPSA) is 80.7 Å². The Labute approximate surface area is 188 Å². The summed E-state index contributed by atoms with van der Waals surface area (Å²) in [5.74, 6) is 0. The predicted octanol–water partition coefficient (Wildman–Crippen LogP) is 4.46. The molecule has 176 valence electrons. The summed E-state index contributed by atoms with van der Waals surface area (Å²) < 4.78 is 51.0. The number of carbonyl (C=O) groups excluding carboxylic acids is 1. The highest BCUT2D eigenvalue weighted by Gasteiger charge is 2.39. The van der Waals surface area contributed by atoms with E-state index < -0.39 is 22.9 Å². The fourth-order valence-corrected chi connectivity index (χ4v) is 4.20. The van der Waals surface area contributed by atoms with Gasteiger partial charge >= 0.3 is 18.3 Å². The van der Waals surface area contributed by atoms with Crippen LogP contribution in [0, 0.1) is 0 Å². The summed E-state index contributed by atoms with van der Waals surface area (Å²) in [6, 6.07) is -0.122. The van der Waals surface area contributed by atoms with Crippen molar-refractivity contribution in [1.82, 2.24) is 19.9 Å². The molecule has 12 heteroatoms. The minimum absolute atomic E-state index is 0.142. The van der Waals surface area contributed by atoms with E-state index in [-0.39, 0.29) is 17.7 Å². The molecule has 0 aromatic carbocycles. The lowest BCUT2D eigenvalue weighted by Crippen LogP contribution is -2.55. The van der Waals surface area contributed by atoms with E-state index in [9.17, 15) is 18.0 Å². The maximum Gasteiger partial charge on any atom is 0.443 e. The third-order valence-corrected chi connectivity index (χ3v) is 5.73. The van der Waals surface area contributed by atoms with Crippen LogP contribution in [0.1, 0.15) is 39.6 Å². The van der Waals surface area contributed by atoms with Crippen LogP contribution in [0.15, 0.2) is 12.4 Å².